The van der Waals surface area contributed by atoms with Crippen LogP contribution in [-0.4, -0.2) is 68.5 Å². The highest BCUT2D eigenvalue weighted by Crippen LogP contribution is 2.36. The molecule has 3 rings (SSSR count). The third-order valence-corrected chi connectivity index (χ3v) is 5.72. The number of aromatic carboxylic acids is 1. The van der Waals surface area contributed by atoms with Gasteiger partial charge in [0.05, 0.1) is 29.4 Å². The first-order valence-corrected chi connectivity index (χ1v) is 10.2. The summed E-state index contributed by atoms with van der Waals surface area (Å²) in [5.74, 6) is -7.65. The van der Waals surface area contributed by atoms with Gasteiger partial charge in [-0.2, -0.15) is 27.1 Å². The van der Waals surface area contributed by atoms with Crippen molar-refractivity contribution in [2.24, 2.45) is 0 Å². The molecule has 10 nitrogen and oxygen atoms in total. The van der Waals surface area contributed by atoms with Crippen molar-refractivity contribution in [2.45, 2.75) is 24.0 Å². The zero-order valence-corrected chi connectivity index (χ0v) is 16.7. The number of nitrogens with zero attached hydrogens (tertiary/aromatic N) is 5. The minimum Gasteiger partial charge on any atom is -0.477 e. The number of hydrogen-bond acceptors (Lipinski definition) is 8. The number of alkyl halides is 5. The van der Waals surface area contributed by atoms with E-state index < -0.39 is 56.9 Å². The standard InChI is InChI=1S/C16H12F5N5O5S/c1-2-32(29,30)13-11(12-22-4-3-9(14(27)28)26(12)25-13)8-5-24-10(6-23-8)31-7-15(17,18)16(19,20)21/h3-6H,2,7H2,1H3,(H,27,28). The Balaban J connectivity index is 2.07. The number of carboxylic acids is 1. The number of carbonyl (C=O) groups is 1. The first kappa shape index (κ1) is 23.2. The van der Waals surface area contributed by atoms with E-state index in [1.54, 1.807) is 0 Å². The van der Waals surface area contributed by atoms with E-state index in [2.05, 4.69) is 24.8 Å². The van der Waals surface area contributed by atoms with Gasteiger partial charge in [-0.15, -0.1) is 0 Å². The van der Waals surface area contributed by atoms with E-state index in [1.165, 1.54) is 6.92 Å². The molecule has 0 unspecified atom stereocenters. The van der Waals surface area contributed by atoms with Gasteiger partial charge in [-0.05, 0) is 6.07 Å². The largest absolute Gasteiger partial charge is 0.477 e. The average molecular weight is 481 g/mol. The lowest BCUT2D eigenvalue weighted by atomic mass is 10.2. The lowest BCUT2D eigenvalue weighted by Crippen LogP contribution is -2.41. The number of ether oxygens (including phenoxy) is 1. The second-order valence-corrected chi connectivity index (χ2v) is 8.38. The number of halogens is 5. The van der Waals surface area contributed by atoms with Crippen LogP contribution >= 0.6 is 0 Å². The quantitative estimate of drug-likeness (QED) is 0.504. The highest BCUT2D eigenvalue weighted by atomic mass is 32.2. The summed E-state index contributed by atoms with van der Waals surface area (Å²) in [6.07, 6.45) is -3.18. The summed E-state index contributed by atoms with van der Waals surface area (Å²) in [5.41, 5.74) is -1.05. The molecule has 0 spiro atoms. The van der Waals surface area contributed by atoms with Crippen LogP contribution in [0.15, 0.2) is 29.7 Å². The molecule has 1 N–H and O–H groups in total. The van der Waals surface area contributed by atoms with E-state index in [0.717, 1.165) is 23.0 Å². The Kier molecular flexibility index (Phi) is 5.75. The van der Waals surface area contributed by atoms with E-state index in [1.807, 2.05) is 0 Å². The van der Waals surface area contributed by atoms with Crippen LogP contribution < -0.4 is 4.74 Å². The second kappa shape index (κ2) is 7.92. The first-order chi connectivity index (χ1) is 14.8. The summed E-state index contributed by atoms with van der Waals surface area (Å²) < 4.78 is 92.8. The van der Waals surface area contributed by atoms with Gasteiger partial charge in [0.15, 0.2) is 32.8 Å². The molecular formula is C16H12F5N5O5S. The molecule has 0 amide bonds. The SMILES string of the molecule is CCS(=O)(=O)c1nn2c(C(=O)O)ccnc2c1-c1cnc(OCC(F)(F)C(F)(F)F)cn1. The number of fused-ring (bicyclic) bond motifs is 1. The van der Waals surface area contributed by atoms with Crippen LogP contribution in [0.1, 0.15) is 17.4 Å². The number of rotatable bonds is 7. The van der Waals surface area contributed by atoms with Gasteiger partial charge in [0.25, 0.3) is 0 Å². The molecule has 172 valence electrons. The molecule has 0 saturated carbocycles. The fraction of sp³-hybridized carbons (Fsp3) is 0.312. The molecule has 0 radical (unpaired) electrons. The van der Waals surface area contributed by atoms with E-state index in [-0.39, 0.29) is 16.9 Å². The highest BCUT2D eigenvalue weighted by Gasteiger charge is 2.58. The lowest BCUT2D eigenvalue weighted by Gasteiger charge is -2.19. The molecule has 3 aromatic rings. The van der Waals surface area contributed by atoms with Crippen LogP contribution in [0.3, 0.4) is 0 Å². The smallest absolute Gasteiger partial charge is 0.456 e. The molecule has 3 aromatic heterocycles. The summed E-state index contributed by atoms with van der Waals surface area (Å²) in [5, 5.41) is 12.6. The van der Waals surface area contributed by atoms with Crippen molar-refractivity contribution in [3.63, 3.8) is 0 Å². The van der Waals surface area contributed by atoms with Crippen LogP contribution in [0.25, 0.3) is 16.9 Å². The monoisotopic (exact) mass is 481 g/mol. The van der Waals surface area contributed by atoms with Crippen molar-refractivity contribution < 1.29 is 45.0 Å². The van der Waals surface area contributed by atoms with Gasteiger partial charge >= 0.3 is 18.1 Å². The van der Waals surface area contributed by atoms with Gasteiger partial charge in [-0.1, -0.05) is 6.92 Å². The summed E-state index contributed by atoms with van der Waals surface area (Å²) >= 11 is 0. The van der Waals surface area contributed by atoms with Crippen molar-refractivity contribution in [3.05, 3.63) is 30.4 Å². The van der Waals surface area contributed by atoms with Gasteiger partial charge in [0.1, 0.15) is 0 Å². The number of aromatic nitrogens is 5. The molecule has 0 saturated heterocycles. The molecule has 0 aliphatic heterocycles. The Labute approximate surface area is 175 Å². The van der Waals surface area contributed by atoms with Gasteiger partial charge in [0, 0.05) is 6.20 Å². The van der Waals surface area contributed by atoms with Crippen LogP contribution in [0, 0.1) is 0 Å². The molecule has 0 aliphatic carbocycles. The first-order valence-electron chi connectivity index (χ1n) is 8.52. The van der Waals surface area contributed by atoms with Crippen LogP contribution in [0.4, 0.5) is 22.0 Å². The van der Waals surface area contributed by atoms with Crippen molar-refractivity contribution >= 4 is 21.5 Å². The number of hydrogen-bond donors (Lipinski definition) is 1. The molecule has 0 aliphatic rings. The predicted octanol–water partition coefficient (Wildman–Crippen LogP) is 2.25. The molecule has 3 heterocycles. The Bertz CT molecular complexity index is 1270. The summed E-state index contributed by atoms with van der Waals surface area (Å²) in [6, 6.07) is 1.08. The summed E-state index contributed by atoms with van der Waals surface area (Å²) in [6.45, 7) is -0.724. The van der Waals surface area contributed by atoms with Crippen molar-refractivity contribution in [1.29, 1.82) is 0 Å². The Morgan fingerprint density at radius 1 is 1.16 bits per heavy atom. The van der Waals surface area contributed by atoms with Gasteiger partial charge in [-0.25, -0.2) is 32.7 Å². The second-order valence-electron chi connectivity index (χ2n) is 6.18. The molecule has 0 atom stereocenters. The van der Waals surface area contributed by atoms with E-state index in [0.29, 0.717) is 6.20 Å². The molecular weight excluding hydrogens is 469 g/mol. The van der Waals surface area contributed by atoms with Gasteiger partial charge in [-0.3, -0.25) is 0 Å². The maximum absolute atomic E-state index is 13.0. The fourth-order valence-electron chi connectivity index (χ4n) is 2.43. The van der Waals surface area contributed by atoms with Gasteiger partial charge in [0.2, 0.25) is 5.88 Å². The highest BCUT2D eigenvalue weighted by molar-refractivity contribution is 7.91. The normalized spacial score (nSPS) is 12.8. The van der Waals surface area contributed by atoms with E-state index in [4.69, 9.17) is 0 Å². The fourth-order valence-corrected chi connectivity index (χ4v) is 3.42. The topological polar surface area (TPSA) is 137 Å². The van der Waals surface area contributed by atoms with Gasteiger partial charge < -0.3 is 9.84 Å². The Morgan fingerprint density at radius 2 is 1.84 bits per heavy atom. The van der Waals surface area contributed by atoms with Crippen LogP contribution in [0.2, 0.25) is 0 Å². The van der Waals surface area contributed by atoms with Crippen molar-refractivity contribution in [1.82, 2.24) is 24.6 Å². The zero-order valence-electron chi connectivity index (χ0n) is 15.8. The average Bonchev–Trinajstić information content (AvgIpc) is 3.12. The minimum atomic E-state index is -5.83. The van der Waals surface area contributed by atoms with Crippen LogP contribution in [0.5, 0.6) is 5.88 Å². The Hall–Kier alpha value is -3.43. The molecule has 0 fully saturated rings. The number of carboxylic acid groups (broad SMARTS) is 1. The third-order valence-electron chi connectivity index (χ3n) is 4.08. The predicted molar refractivity (Wildman–Crippen MR) is 95.2 cm³/mol. The van der Waals surface area contributed by atoms with Crippen LogP contribution in [-0.2, 0) is 9.84 Å². The lowest BCUT2D eigenvalue weighted by molar-refractivity contribution is -0.290. The molecule has 32 heavy (non-hydrogen) atoms. The Morgan fingerprint density at radius 3 is 2.38 bits per heavy atom. The molecule has 16 heteroatoms. The maximum atomic E-state index is 13.0. The van der Waals surface area contributed by atoms with E-state index in [9.17, 15) is 40.3 Å². The maximum Gasteiger partial charge on any atom is 0.456 e. The molecule has 0 bridgehead atoms. The molecule has 0 aromatic carbocycles. The van der Waals surface area contributed by atoms with E-state index >= 15 is 0 Å². The summed E-state index contributed by atoms with van der Waals surface area (Å²) in [7, 11) is -4.03. The zero-order chi connectivity index (χ0) is 23.9. The van der Waals surface area contributed by atoms with Crippen molar-refractivity contribution in [2.75, 3.05) is 12.4 Å². The number of sulfone groups is 1. The minimum absolute atomic E-state index is 0.205. The summed E-state index contributed by atoms with van der Waals surface area (Å²) in [4.78, 5) is 22.7. The third kappa shape index (κ3) is 4.17. The van der Waals surface area contributed by atoms with Crippen molar-refractivity contribution in [3.8, 4) is 17.1 Å².